The molecule has 0 aliphatic heterocycles. The first kappa shape index (κ1) is 20.9. The number of benzene rings is 1. The Bertz CT molecular complexity index is 1380. The van der Waals surface area contributed by atoms with E-state index in [0.717, 1.165) is 27.7 Å². The Morgan fingerprint density at radius 2 is 1.67 bits per heavy atom. The molecule has 2 atom stereocenters. The summed E-state index contributed by atoms with van der Waals surface area (Å²) in [7, 11) is -2.43. The molecule has 7 nitrogen and oxygen atoms in total. The van der Waals surface area contributed by atoms with Crippen molar-refractivity contribution >= 4 is 38.1 Å². The summed E-state index contributed by atoms with van der Waals surface area (Å²) in [5, 5.41) is 6.99. The summed E-state index contributed by atoms with van der Waals surface area (Å²) in [5.41, 5.74) is 6.91. The van der Waals surface area contributed by atoms with Crippen molar-refractivity contribution in [2.24, 2.45) is 0 Å². The molecule has 0 N–H and O–H groups in total. The Balaban J connectivity index is 2.12. The first-order valence-electron chi connectivity index (χ1n) is 9.73. The fourth-order valence-electron chi connectivity index (χ4n) is 3.81. The molecule has 9 heteroatoms. The minimum absolute atomic E-state index is 0.472. The number of hydrogen-bond acceptors (Lipinski definition) is 5. The summed E-state index contributed by atoms with van der Waals surface area (Å²) in [6.07, 6.45) is 3.22. The van der Waals surface area contributed by atoms with Crippen LogP contribution in [-0.2, 0) is 21.6 Å². The zero-order chi connectivity index (χ0) is 21.9. The SMILES string of the molecule is CCS(=O)c1c2c(C)c(C)c(C)c(C)c2nn1-c1nc2cc(S(C)=O)ncn2c1C. The van der Waals surface area contributed by atoms with Crippen LogP contribution in [0, 0.1) is 34.6 Å². The predicted octanol–water partition coefficient (Wildman–Crippen LogP) is 3.48. The van der Waals surface area contributed by atoms with Crippen LogP contribution in [0.2, 0.25) is 0 Å². The fraction of sp³-hybridized carbons (Fsp3) is 0.381. The van der Waals surface area contributed by atoms with Gasteiger partial charge in [-0.2, -0.15) is 5.10 Å². The van der Waals surface area contributed by atoms with Crippen LogP contribution in [0.15, 0.2) is 22.4 Å². The Morgan fingerprint density at radius 3 is 2.30 bits per heavy atom. The molecule has 0 amide bonds. The second-order valence-corrected chi connectivity index (χ2v) is 10.5. The average Bonchev–Trinajstić information content (AvgIpc) is 3.28. The highest BCUT2D eigenvalue weighted by molar-refractivity contribution is 7.85. The van der Waals surface area contributed by atoms with E-state index in [1.807, 2.05) is 18.2 Å². The summed E-state index contributed by atoms with van der Waals surface area (Å²) in [5.74, 6) is 1.09. The number of fused-ring (bicyclic) bond motifs is 2. The van der Waals surface area contributed by atoms with Crippen molar-refractivity contribution in [2.45, 2.75) is 51.6 Å². The van der Waals surface area contributed by atoms with E-state index in [1.54, 1.807) is 23.3 Å². The third-order valence-corrected chi connectivity index (χ3v) is 8.08. The van der Waals surface area contributed by atoms with E-state index in [1.165, 1.54) is 11.1 Å². The minimum Gasteiger partial charge on any atom is -0.285 e. The van der Waals surface area contributed by atoms with E-state index in [2.05, 4.69) is 32.7 Å². The number of rotatable bonds is 4. The van der Waals surface area contributed by atoms with Gasteiger partial charge in [0.05, 0.1) is 32.8 Å². The number of hydrogen-bond donors (Lipinski definition) is 0. The third-order valence-electron chi connectivity index (χ3n) is 5.94. The van der Waals surface area contributed by atoms with Gasteiger partial charge in [0.15, 0.2) is 5.82 Å². The lowest BCUT2D eigenvalue weighted by Crippen LogP contribution is -2.08. The molecular formula is C21H25N5O2S2. The van der Waals surface area contributed by atoms with Crippen LogP contribution in [0.1, 0.15) is 34.9 Å². The lowest BCUT2D eigenvalue weighted by molar-refractivity contribution is 0.672. The van der Waals surface area contributed by atoms with Crippen molar-refractivity contribution in [3.63, 3.8) is 0 Å². The summed E-state index contributed by atoms with van der Waals surface area (Å²) in [6.45, 7) is 12.2. The smallest absolute Gasteiger partial charge is 0.176 e. The van der Waals surface area contributed by atoms with E-state index in [0.29, 0.717) is 27.3 Å². The van der Waals surface area contributed by atoms with Crippen LogP contribution in [-0.4, -0.2) is 44.6 Å². The highest BCUT2D eigenvalue weighted by Crippen LogP contribution is 2.34. The first-order valence-corrected chi connectivity index (χ1v) is 12.6. The largest absolute Gasteiger partial charge is 0.285 e. The van der Waals surface area contributed by atoms with Gasteiger partial charge in [-0.3, -0.25) is 12.8 Å². The van der Waals surface area contributed by atoms with Gasteiger partial charge in [0, 0.05) is 23.5 Å². The van der Waals surface area contributed by atoms with Gasteiger partial charge >= 0.3 is 0 Å². The molecule has 0 spiro atoms. The number of imidazole rings is 1. The molecule has 0 radical (unpaired) electrons. The second-order valence-electron chi connectivity index (χ2n) is 7.51. The standard InChI is InChI=1S/C21H25N5O2S2/c1-8-30(28)21-18-13(4)11(2)12(3)14(5)19(18)24-26(21)20-15(6)25-10-22-17(29(7)27)9-16(25)23-20/h9-10H,8H2,1-7H3. The van der Waals surface area contributed by atoms with Crippen molar-refractivity contribution in [3.8, 4) is 5.82 Å². The lowest BCUT2D eigenvalue weighted by Gasteiger charge is -2.11. The Morgan fingerprint density at radius 1 is 1.00 bits per heavy atom. The van der Waals surface area contributed by atoms with Crippen LogP contribution in [0.5, 0.6) is 0 Å². The van der Waals surface area contributed by atoms with Crippen molar-refractivity contribution in [1.29, 1.82) is 0 Å². The van der Waals surface area contributed by atoms with E-state index in [-0.39, 0.29) is 0 Å². The van der Waals surface area contributed by atoms with Crippen molar-refractivity contribution in [2.75, 3.05) is 12.0 Å². The van der Waals surface area contributed by atoms with Crippen LogP contribution in [0.4, 0.5) is 0 Å². The van der Waals surface area contributed by atoms with E-state index < -0.39 is 21.6 Å². The first-order chi connectivity index (χ1) is 14.2. The summed E-state index contributed by atoms with van der Waals surface area (Å²) >= 11 is 0. The van der Waals surface area contributed by atoms with Gasteiger partial charge in [0.25, 0.3) is 0 Å². The molecule has 2 unspecified atom stereocenters. The highest BCUT2D eigenvalue weighted by atomic mass is 32.2. The molecule has 0 bridgehead atoms. The number of aryl methyl sites for hydroxylation is 3. The Kier molecular flexibility index (Phi) is 5.14. The van der Waals surface area contributed by atoms with Crippen molar-refractivity contribution in [3.05, 3.63) is 40.3 Å². The number of aromatic nitrogens is 5. The summed E-state index contributed by atoms with van der Waals surface area (Å²) in [6, 6.07) is 1.72. The van der Waals surface area contributed by atoms with Crippen LogP contribution < -0.4 is 0 Å². The van der Waals surface area contributed by atoms with Gasteiger partial charge in [0.2, 0.25) is 0 Å². The van der Waals surface area contributed by atoms with E-state index in [9.17, 15) is 8.42 Å². The maximum atomic E-state index is 13.2. The summed E-state index contributed by atoms with van der Waals surface area (Å²) in [4.78, 5) is 9.03. The predicted molar refractivity (Wildman–Crippen MR) is 121 cm³/mol. The molecule has 0 saturated heterocycles. The van der Waals surface area contributed by atoms with Gasteiger partial charge in [0.1, 0.15) is 22.0 Å². The highest BCUT2D eigenvalue weighted by Gasteiger charge is 2.25. The van der Waals surface area contributed by atoms with Gasteiger partial charge in [-0.1, -0.05) is 6.92 Å². The molecule has 4 aromatic rings. The molecule has 1 aromatic carbocycles. The van der Waals surface area contributed by atoms with Crippen LogP contribution >= 0.6 is 0 Å². The van der Waals surface area contributed by atoms with Crippen molar-refractivity contribution < 1.29 is 8.42 Å². The normalized spacial score (nSPS) is 14.0. The average molecular weight is 444 g/mol. The van der Waals surface area contributed by atoms with Crippen LogP contribution in [0.25, 0.3) is 22.4 Å². The maximum absolute atomic E-state index is 13.2. The molecule has 30 heavy (non-hydrogen) atoms. The van der Waals surface area contributed by atoms with Gasteiger partial charge in [-0.25, -0.2) is 14.6 Å². The maximum Gasteiger partial charge on any atom is 0.176 e. The lowest BCUT2D eigenvalue weighted by atomic mass is 9.96. The zero-order valence-electron chi connectivity index (χ0n) is 18.2. The van der Waals surface area contributed by atoms with E-state index in [4.69, 9.17) is 10.1 Å². The Hall–Kier alpha value is -2.39. The zero-order valence-corrected chi connectivity index (χ0v) is 19.9. The van der Waals surface area contributed by atoms with Gasteiger partial charge in [-0.15, -0.1) is 0 Å². The van der Waals surface area contributed by atoms with Gasteiger partial charge in [-0.05, 0) is 56.9 Å². The molecule has 0 fully saturated rings. The minimum atomic E-state index is -1.23. The topological polar surface area (TPSA) is 82.1 Å². The number of nitrogens with zero attached hydrogens (tertiary/aromatic N) is 5. The monoisotopic (exact) mass is 443 g/mol. The Labute approximate surface area is 180 Å². The van der Waals surface area contributed by atoms with Crippen LogP contribution in [0.3, 0.4) is 0 Å². The molecule has 3 heterocycles. The quantitative estimate of drug-likeness (QED) is 0.451. The molecule has 158 valence electrons. The molecular weight excluding hydrogens is 418 g/mol. The fourth-order valence-corrected chi connectivity index (χ4v) is 5.35. The molecule has 0 aliphatic rings. The van der Waals surface area contributed by atoms with E-state index >= 15 is 0 Å². The second kappa shape index (κ2) is 7.39. The molecule has 0 saturated carbocycles. The molecule has 4 rings (SSSR count). The third kappa shape index (κ3) is 2.94. The molecule has 0 aliphatic carbocycles. The summed E-state index contributed by atoms with van der Waals surface area (Å²) < 4.78 is 28.6. The molecule has 3 aromatic heterocycles. The van der Waals surface area contributed by atoms with Crippen molar-refractivity contribution in [1.82, 2.24) is 24.1 Å². The van der Waals surface area contributed by atoms with Gasteiger partial charge < -0.3 is 0 Å².